The van der Waals surface area contributed by atoms with Gasteiger partial charge in [-0.25, -0.2) is 0 Å². The van der Waals surface area contributed by atoms with Crippen LogP contribution >= 0.6 is 0 Å². The molecule has 17 heavy (non-hydrogen) atoms. The Hall–Kier alpha value is -0.0800. The Kier molecular flexibility index (Phi) is 3.45. The van der Waals surface area contributed by atoms with E-state index in [2.05, 4.69) is 17.3 Å². The fourth-order valence-electron chi connectivity index (χ4n) is 4.72. The van der Waals surface area contributed by atoms with Gasteiger partial charge in [0, 0.05) is 25.7 Å². The lowest BCUT2D eigenvalue weighted by molar-refractivity contribution is 0.0843. The molecule has 0 aromatic rings. The van der Waals surface area contributed by atoms with Crippen molar-refractivity contribution < 1.29 is 0 Å². The van der Waals surface area contributed by atoms with Crippen LogP contribution in [-0.4, -0.2) is 37.6 Å². The highest BCUT2D eigenvalue weighted by molar-refractivity contribution is 4.96. The van der Waals surface area contributed by atoms with E-state index in [4.69, 9.17) is 0 Å². The van der Waals surface area contributed by atoms with Gasteiger partial charge in [-0.3, -0.25) is 4.90 Å². The first-order valence-electron chi connectivity index (χ1n) is 7.70. The Morgan fingerprint density at radius 2 is 2.00 bits per heavy atom. The van der Waals surface area contributed by atoms with Crippen LogP contribution < -0.4 is 5.32 Å². The molecule has 2 bridgehead atoms. The molecular formula is C15H28N2. The van der Waals surface area contributed by atoms with Gasteiger partial charge < -0.3 is 5.32 Å². The molecule has 1 aliphatic heterocycles. The molecule has 1 N–H and O–H groups in total. The van der Waals surface area contributed by atoms with Crippen LogP contribution in [0.2, 0.25) is 0 Å². The van der Waals surface area contributed by atoms with Crippen LogP contribution in [0.25, 0.3) is 0 Å². The summed E-state index contributed by atoms with van der Waals surface area (Å²) in [6.45, 7) is 4.03. The van der Waals surface area contributed by atoms with Gasteiger partial charge in [0.25, 0.3) is 0 Å². The molecule has 3 rings (SSSR count). The van der Waals surface area contributed by atoms with Gasteiger partial charge in [-0.2, -0.15) is 0 Å². The molecule has 98 valence electrons. The van der Waals surface area contributed by atoms with Crippen molar-refractivity contribution in [1.29, 1.82) is 0 Å². The van der Waals surface area contributed by atoms with Crippen molar-refractivity contribution in [1.82, 2.24) is 10.2 Å². The summed E-state index contributed by atoms with van der Waals surface area (Å²) in [5, 5.41) is 3.47. The van der Waals surface area contributed by atoms with Gasteiger partial charge in [-0.05, 0) is 50.5 Å². The molecular weight excluding hydrogens is 208 g/mol. The Morgan fingerprint density at radius 3 is 2.59 bits per heavy atom. The van der Waals surface area contributed by atoms with Crippen LogP contribution in [0.15, 0.2) is 0 Å². The van der Waals surface area contributed by atoms with Gasteiger partial charge in [0.1, 0.15) is 0 Å². The van der Waals surface area contributed by atoms with Gasteiger partial charge in [-0.1, -0.05) is 19.3 Å². The third kappa shape index (κ3) is 2.39. The summed E-state index contributed by atoms with van der Waals surface area (Å²) in [6, 6.07) is 0.954. The second-order valence-electron chi connectivity index (χ2n) is 6.85. The lowest BCUT2D eigenvalue weighted by atomic mass is 9.73. The van der Waals surface area contributed by atoms with Crippen molar-refractivity contribution in [2.45, 2.75) is 57.4 Å². The molecule has 3 fully saturated rings. The highest BCUT2D eigenvalue weighted by Gasteiger charge is 2.42. The summed E-state index contributed by atoms with van der Waals surface area (Å²) in [6.07, 6.45) is 11.8. The second kappa shape index (κ2) is 4.89. The molecule has 0 amide bonds. The van der Waals surface area contributed by atoms with Crippen molar-refractivity contribution in [3.63, 3.8) is 0 Å². The summed E-state index contributed by atoms with van der Waals surface area (Å²) < 4.78 is 0. The first-order valence-corrected chi connectivity index (χ1v) is 7.70. The Labute approximate surface area is 106 Å². The number of piperidine rings is 1. The molecule has 2 aliphatic carbocycles. The van der Waals surface area contributed by atoms with Crippen molar-refractivity contribution in [3.8, 4) is 0 Å². The monoisotopic (exact) mass is 236 g/mol. The van der Waals surface area contributed by atoms with E-state index in [1.807, 2.05) is 0 Å². The summed E-state index contributed by atoms with van der Waals surface area (Å²) in [7, 11) is 2.13. The summed E-state index contributed by atoms with van der Waals surface area (Å²) in [5.41, 5.74) is 0.609. The zero-order valence-electron chi connectivity index (χ0n) is 11.4. The zero-order chi connectivity index (χ0) is 11.7. The number of likely N-dealkylation sites (tertiary alicyclic amines) is 1. The second-order valence-corrected chi connectivity index (χ2v) is 6.85. The molecule has 2 saturated carbocycles. The number of nitrogens with zero attached hydrogens (tertiary/aromatic N) is 1. The standard InChI is InChI=1S/C15H28N2/c1-16-11-15(7-3-2-4-8-15)12-17-10-13-5-6-14(17)9-13/h13-14,16H,2-12H2,1H3. The highest BCUT2D eigenvalue weighted by Crippen LogP contribution is 2.42. The number of fused-ring (bicyclic) bond motifs is 2. The molecule has 1 saturated heterocycles. The zero-order valence-corrected chi connectivity index (χ0v) is 11.4. The maximum atomic E-state index is 3.47. The lowest BCUT2D eigenvalue weighted by Crippen LogP contribution is -2.47. The van der Waals surface area contributed by atoms with E-state index in [1.54, 1.807) is 0 Å². The molecule has 1 heterocycles. The Balaban J connectivity index is 1.63. The molecule has 2 atom stereocenters. The van der Waals surface area contributed by atoms with E-state index in [0.29, 0.717) is 5.41 Å². The molecule has 2 nitrogen and oxygen atoms in total. The number of hydrogen-bond acceptors (Lipinski definition) is 2. The molecule has 3 aliphatic rings. The minimum Gasteiger partial charge on any atom is -0.319 e. The third-order valence-corrected chi connectivity index (χ3v) is 5.53. The average Bonchev–Trinajstić information content (AvgIpc) is 2.92. The van der Waals surface area contributed by atoms with Gasteiger partial charge in [-0.15, -0.1) is 0 Å². The summed E-state index contributed by atoms with van der Waals surface area (Å²) in [5.74, 6) is 1.05. The van der Waals surface area contributed by atoms with Crippen LogP contribution in [0.5, 0.6) is 0 Å². The minimum atomic E-state index is 0.609. The number of rotatable bonds is 4. The van der Waals surface area contributed by atoms with Crippen molar-refractivity contribution in [2.24, 2.45) is 11.3 Å². The van der Waals surface area contributed by atoms with E-state index >= 15 is 0 Å². The van der Waals surface area contributed by atoms with E-state index in [0.717, 1.165) is 12.0 Å². The SMILES string of the molecule is CNCC1(CN2CC3CCC2C3)CCCCC1. The van der Waals surface area contributed by atoms with Crippen molar-refractivity contribution >= 4 is 0 Å². The van der Waals surface area contributed by atoms with Gasteiger partial charge in [0.2, 0.25) is 0 Å². The van der Waals surface area contributed by atoms with E-state index in [-0.39, 0.29) is 0 Å². The molecule has 0 radical (unpaired) electrons. The first kappa shape index (κ1) is 12.0. The Bertz CT molecular complexity index is 252. The number of nitrogens with one attached hydrogen (secondary N) is 1. The summed E-state index contributed by atoms with van der Waals surface area (Å²) in [4.78, 5) is 2.84. The molecule has 0 spiro atoms. The van der Waals surface area contributed by atoms with E-state index in [9.17, 15) is 0 Å². The highest BCUT2D eigenvalue weighted by atomic mass is 15.2. The van der Waals surface area contributed by atoms with Crippen molar-refractivity contribution in [2.75, 3.05) is 26.7 Å². The lowest BCUT2D eigenvalue weighted by Gasteiger charge is -2.42. The van der Waals surface area contributed by atoms with Crippen molar-refractivity contribution in [3.05, 3.63) is 0 Å². The Morgan fingerprint density at radius 1 is 1.18 bits per heavy atom. The predicted octanol–water partition coefficient (Wildman–Crippen LogP) is 2.64. The van der Waals surface area contributed by atoms with Crippen LogP contribution in [0, 0.1) is 11.3 Å². The largest absolute Gasteiger partial charge is 0.319 e. The maximum absolute atomic E-state index is 3.47. The van der Waals surface area contributed by atoms with Crippen LogP contribution in [0.4, 0.5) is 0 Å². The molecule has 2 heteroatoms. The quantitative estimate of drug-likeness (QED) is 0.807. The molecule has 0 aromatic carbocycles. The topological polar surface area (TPSA) is 15.3 Å². The van der Waals surface area contributed by atoms with Crippen LogP contribution in [0.1, 0.15) is 51.4 Å². The number of hydrogen-bond donors (Lipinski definition) is 1. The fraction of sp³-hybridized carbons (Fsp3) is 1.00. The molecule has 0 aromatic heterocycles. The smallest absolute Gasteiger partial charge is 0.00988 e. The minimum absolute atomic E-state index is 0.609. The van der Waals surface area contributed by atoms with Gasteiger partial charge in [0.05, 0.1) is 0 Å². The van der Waals surface area contributed by atoms with Gasteiger partial charge >= 0.3 is 0 Å². The van der Waals surface area contributed by atoms with Gasteiger partial charge in [0.15, 0.2) is 0 Å². The predicted molar refractivity (Wildman–Crippen MR) is 72.1 cm³/mol. The first-order chi connectivity index (χ1) is 8.31. The van der Waals surface area contributed by atoms with E-state index in [1.165, 1.54) is 71.0 Å². The average molecular weight is 236 g/mol. The van der Waals surface area contributed by atoms with Crippen LogP contribution in [-0.2, 0) is 0 Å². The van der Waals surface area contributed by atoms with E-state index < -0.39 is 0 Å². The molecule has 2 unspecified atom stereocenters. The maximum Gasteiger partial charge on any atom is 0.00988 e. The van der Waals surface area contributed by atoms with Crippen LogP contribution in [0.3, 0.4) is 0 Å². The third-order valence-electron chi connectivity index (χ3n) is 5.53. The fourth-order valence-corrected chi connectivity index (χ4v) is 4.72. The normalized spacial score (nSPS) is 36.5. The summed E-state index contributed by atoms with van der Waals surface area (Å²) >= 11 is 0.